The van der Waals surface area contributed by atoms with Crippen LogP contribution in [0.3, 0.4) is 0 Å². The van der Waals surface area contributed by atoms with Gasteiger partial charge in [-0.15, -0.1) is 0 Å². The van der Waals surface area contributed by atoms with Crippen LogP contribution in [-0.4, -0.2) is 6.10 Å². The molecule has 1 radical (unpaired) electrons. The van der Waals surface area contributed by atoms with Crippen LogP contribution in [0.25, 0.3) is 0 Å². The highest BCUT2D eigenvalue weighted by molar-refractivity contribution is 4.75. The summed E-state index contributed by atoms with van der Waals surface area (Å²) in [5, 5.41) is 11.0. The lowest BCUT2D eigenvalue weighted by Gasteiger charge is -2.19. The maximum Gasteiger partial charge on any atom is 0.0930 e. The summed E-state index contributed by atoms with van der Waals surface area (Å²) in [5.41, 5.74) is 0. The number of hydrogen-bond acceptors (Lipinski definition) is 0. The highest BCUT2D eigenvalue weighted by Crippen LogP contribution is 2.32. The lowest BCUT2D eigenvalue weighted by atomic mass is 9.89. The van der Waals surface area contributed by atoms with Crippen LogP contribution in [0, 0.1) is 11.8 Å². The van der Waals surface area contributed by atoms with Crippen molar-refractivity contribution in [1.82, 2.24) is 0 Å². The third-order valence-electron chi connectivity index (χ3n) is 2.88. The largest absolute Gasteiger partial charge is 0.233 e. The lowest BCUT2D eigenvalue weighted by Crippen LogP contribution is -2.19. The van der Waals surface area contributed by atoms with Gasteiger partial charge in [0, 0.05) is 0 Å². The zero-order valence-electron chi connectivity index (χ0n) is 6.97. The molecule has 1 aliphatic carbocycles. The first-order valence-electron chi connectivity index (χ1n) is 4.37. The molecule has 0 bridgehead atoms. The van der Waals surface area contributed by atoms with E-state index < -0.39 is 0 Å². The molecule has 1 fully saturated rings. The SMILES string of the molecule is CC([O])C(C)C1CCCC1. The summed E-state index contributed by atoms with van der Waals surface area (Å²) < 4.78 is 0. The Morgan fingerprint density at radius 2 is 1.70 bits per heavy atom. The minimum absolute atomic E-state index is 0.358. The van der Waals surface area contributed by atoms with E-state index in [2.05, 4.69) is 6.92 Å². The van der Waals surface area contributed by atoms with E-state index in [9.17, 15) is 5.11 Å². The Labute approximate surface area is 63.4 Å². The molecule has 0 spiro atoms. The fourth-order valence-corrected chi connectivity index (χ4v) is 1.87. The maximum absolute atomic E-state index is 11.0. The first kappa shape index (κ1) is 8.06. The van der Waals surface area contributed by atoms with Crippen molar-refractivity contribution >= 4 is 0 Å². The molecule has 0 amide bonds. The fraction of sp³-hybridized carbons (Fsp3) is 1.00. The molecule has 0 heterocycles. The van der Waals surface area contributed by atoms with Crippen molar-refractivity contribution in [3.8, 4) is 0 Å². The van der Waals surface area contributed by atoms with Gasteiger partial charge in [0.2, 0.25) is 0 Å². The Balaban J connectivity index is 2.32. The molecule has 2 atom stereocenters. The summed E-state index contributed by atoms with van der Waals surface area (Å²) in [6.45, 7) is 3.90. The zero-order valence-corrected chi connectivity index (χ0v) is 6.97. The van der Waals surface area contributed by atoms with Gasteiger partial charge in [-0.1, -0.05) is 32.6 Å². The van der Waals surface area contributed by atoms with Crippen LogP contribution >= 0.6 is 0 Å². The molecule has 0 aromatic carbocycles. The molecular formula is C9H17O. The van der Waals surface area contributed by atoms with Crippen LogP contribution in [0.2, 0.25) is 0 Å². The van der Waals surface area contributed by atoms with Crippen molar-refractivity contribution in [2.75, 3.05) is 0 Å². The molecule has 10 heavy (non-hydrogen) atoms. The molecule has 0 aromatic heterocycles. The molecule has 2 unspecified atom stereocenters. The van der Waals surface area contributed by atoms with Crippen molar-refractivity contribution in [2.24, 2.45) is 11.8 Å². The Morgan fingerprint density at radius 1 is 1.20 bits per heavy atom. The van der Waals surface area contributed by atoms with Crippen LogP contribution in [0.15, 0.2) is 0 Å². The monoisotopic (exact) mass is 141 g/mol. The Bertz CT molecular complexity index is 92.9. The summed E-state index contributed by atoms with van der Waals surface area (Å²) in [7, 11) is 0. The van der Waals surface area contributed by atoms with Gasteiger partial charge < -0.3 is 0 Å². The van der Waals surface area contributed by atoms with Gasteiger partial charge in [-0.2, -0.15) is 0 Å². The van der Waals surface area contributed by atoms with Crippen LogP contribution in [0.4, 0.5) is 0 Å². The topological polar surface area (TPSA) is 19.9 Å². The van der Waals surface area contributed by atoms with Gasteiger partial charge in [0.1, 0.15) is 0 Å². The van der Waals surface area contributed by atoms with Crippen LogP contribution in [0.1, 0.15) is 39.5 Å². The van der Waals surface area contributed by atoms with Crippen molar-refractivity contribution < 1.29 is 5.11 Å². The minimum Gasteiger partial charge on any atom is -0.233 e. The first-order valence-corrected chi connectivity index (χ1v) is 4.37. The molecule has 1 aliphatic rings. The fourth-order valence-electron chi connectivity index (χ4n) is 1.87. The van der Waals surface area contributed by atoms with E-state index in [0.29, 0.717) is 5.92 Å². The second-order valence-electron chi connectivity index (χ2n) is 3.61. The minimum atomic E-state index is -0.358. The predicted octanol–water partition coefficient (Wildman–Crippen LogP) is 2.63. The Morgan fingerprint density at radius 3 is 2.10 bits per heavy atom. The Kier molecular flexibility index (Phi) is 2.72. The van der Waals surface area contributed by atoms with E-state index in [1.165, 1.54) is 25.7 Å². The van der Waals surface area contributed by atoms with E-state index in [0.717, 1.165) is 5.92 Å². The molecule has 1 heteroatoms. The van der Waals surface area contributed by atoms with Crippen molar-refractivity contribution in [3.05, 3.63) is 0 Å². The van der Waals surface area contributed by atoms with Crippen molar-refractivity contribution in [3.63, 3.8) is 0 Å². The number of hydrogen-bond donors (Lipinski definition) is 0. The van der Waals surface area contributed by atoms with E-state index >= 15 is 0 Å². The van der Waals surface area contributed by atoms with Crippen LogP contribution < -0.4 is 0 Å². The quantitative estimate of drug-likeness (QED) is 0.563. The second kappa shape index (κ2) is 3.38. The van der Waals surface area contributed by atoms with Gasteiger partial charge in [0.25, 0.3) is 0 Å². The maximum atomic E-state index is 11.0. The van der Waals surface area contributed by atoms with Gasteiger partial charge in [-0.05, 0) is 18.8 Å². The molecule has 1 rings (SSSR count). The van der Waals surface area contributed by atoms with E-state index in [-0.39, 0.29) is 6.10 Å². The van der Waals surface area contributed by atoms with E-state index in [1.807, 2.05) is 0 Å². The highest BCUT2D eigenvalue weighted by Gasteiger charge is 2.24. The summed E-state index contributed by atoms with van der Waals surface area (Å²) >= 11 is 0. The first-order chi connectivity index (χ1) is 4.72. The molecule has 0 saturated heterocycles. The molecule has 0 aromatic rings. The average Bonchev–Trinajstić information content (AvgIpc) is 2.36. The predicted molar refractivity (Wildman–Crippen MR) is 41.3 cm³/mol. The summed E-state index contributed by atoms with van der Waals surface area (Å²) in [6.07, 6.45) is 4.94. The smallest absolute Gasteiger partial charge is 0.0930 e. The lowest BCUT2D eigenvalue weighted by molar-refractivity contribution is 0.0352. The van der Waals surface area contributed by atoms with E-state index in [4.69, 9.17) is 0 Å². The zero-order chi connectivity index (χ0) is 7.56. The summed E-state index contributed by atoms with van der Waals surface area (Å²) in [4.78, 5) is 0. The average molecular weight is 141 g/mol. The van der Waals surface area contributed by atoms with Gasteiger partial charge >= 0.3 is 0 Å². The molecular weight excluding hydrogens is 124 g/mol. The molecule has 0 N–H and O–H groups in total. The van der Waals surface area contributed by atoms with Gasteiger partial charge in [0.05, 0.1) is 6.10 Å². The summed E-state index contributed by atoms with van der Waals surface area (Å²) in [5.74, 6) is 1.15. The van der Waals surface area contributed by atoms with E-state index in [1.54, 1.807) is 6.92 Å². The van der Waals surface area contributed by atoms with Crippen LogP contribution in [0.5, 0.6) is 0 Å². The van der Waals surface area contributed by atoms with Crippen LogP contribution in [-0.2, 0) is 5.11 Å². The normalized spacial score (nSPS) is 26.7. The van der Waals surface area contributed by atoms with Gasteiger partial charge in [-0.25, -0.2) is 5.11 Å². The Hall–Kier alpha value is -0.0400. The van der Waals surface area contributed by atoms with Crippen molar-refractivity contribution in [2.45, 2.75) is 45.6 Å². The highest BCUT2D eigenvalue weighted by atomic mass is 16.3. The van der Waals surface area contributed by atoms with Crippen molar-refractivity contribution in [1.29, 1.82) is 0 Å². The molecule has 1 saturated carbocycles. The number of rotatable bonds is 2. The second-order valence-corrected chi connectivity index (χ2v) is 3.61. The molecule has 1 nitrogen and oxygen atoms in total. The summed E-state index contributed by atoms with van der Waals surface area (Å²) in [6, 6.07) is 0. The third-order valence-corrected chi connectivity index (χ3v) is 2.88. The standard InChI is InChI=1S/C9H17O/c1-7(8(2)10)9-5-3-4-6-9/h7-9H,3-6H2,1-2H3. The van der Waals surface area contributed by atoms with Gasteiger partial charge in [-0.3, -0.25) is 0 Å². The molecule has 59 valence electrons. The molecule has 0 aliphatic heterocycles. The third kappa shape index (κ3) is 1.72. The van der Waals surface area contributed by atoms with Gasteiger partial charge in [0.15, 0.2) is 0 Å².